The van der Waals surface area contributed by atoms with Crippen LogP contribution in [0.3, 0.4) is 0 Å². The second kappa shape index (κ2) is 5.47. The molecule has 0 fully saturated rings. The number of benzene rings is 1. The van der Waals surface area contributed by atoms with Crippen LogP contribution in [0.15, 0.2) is 36.4 Å². The molecule has 0 radical (unpaired) electrons. The first-order valence-electron chi connectivity index (χ1n) is 8.40. The van der Waals surface area contributed by atoms with Crippen molar-refractivity contribution < 1.29 is 10.5 Å². The Morgan fingerprint density at radius 3 is 2.86 bits per heavy atom. The van der Waals surface area contributed by atoms with Gasteiger partial charge in [0.15, 0.2) is 0 Å². The molecule has 0 bridgehead atoms. The van der Waals surface area contributed by atoms with E-state index in [-0.39, 0.29) is 0 Å². The lowest BCUT2D eigenvalue weighted by atomic mass is 9.72. The lowest BCUT2D eigenvalue weighted by Crippen LogP contribution is -2.43. The molecule has 3 heteroatoms. The fourth-order valence-corrected chi connectivity index (χ4v) is 4.53. The molecule has 4 rings (SSSR count). The van der Waals surface area contributed by atoms with Gasteiger partial charge in [-0.15, -0.1) is 0 Å². The van der Waals surface area contributed by atoms with Gasteiger partial charge >= 0.3 is 0 Å². The summed E-state index contributed by atoms with van der Waals surface area (Å²) in [6, 6.07) is 4.82. The third-order valence-corrected chi connectivity index (χ3v) is 5.57. The molecule has 22 heavy (non-hydrogen) atoms. The van der Waals surface area contributed by atoms with Crippen molar-refractivity contribution in [2.75, 3.05) is 12.4 Å². The van der Waals surface area contributed by atoms with Gasteiger partial charge in [0.05, 0.1) is 12.8 Å². The highest BCUT2D eigenvalue weighted by Gasteiger charge is 2.41. The van der Waals surface area contributed by atoms with Crippen LogP contribution in [0.5, 0.6) is 5.75 Å². The van der Waals surface area contributed by atoms with Gasteiger partial charge in [0.25, 0.3) is 0 Å². The molecular formula is C19H25N2O+. The number of methoxy groups -OCH3 is 1. The first kappa shape index (κ1) is 13.9. The van der Waals surface area contributed by atoms with Crippen LogP contribution in [0, 0.1) is 11.8 Å². The van der Waals surface area contributed by atoms with E-state index in [1.165, 1.54) is 36.9 Å². The molecule has 4 unspecified atom stereocenters. The van der Waals surface area contributed by atoms with Crippen LogP contribution in [-0.2, 0) is 0 Å². The first-order chi connectivity index (χ1) is 10.8. The summed E-state index contributed by atoms with van der Waals surface area (Å²) in [5.74, 6) is 2.87. The molecule has 3 nitrogen and oxygen atoms in total. The highest BCUT2D eigenvalue weighted by Crippen LogP contribution is 2.50. The van der Waals surface area contributed by atoms with Crippen molar-refractivity contribution in [3.05, 3.63) is 42.0 Å². The third-order valence-electron chi connectivity index (χ3n) is 5.57. The number of ether oxygens (including phenoxy) is 1. The molecule has 1 heterocycles. The minimum absolute atomic E-state index is 0.516. The van der Waals surface area contributed by atoms with E-state index in [1.807, 2.05) is 6.07 Å². The van der Waals surface area contributed by atoms with E-state index in [1.54, 1.807) is 7.11 Å². The van der Waals surface area contributed by atoms with E-state index in [4.69, 9.17) is 4.74 Å². The van der Waals surface area contributed by atoms with Crippen LogP contribution >= 0.6 is 0 Å². The van der Waals surface area contributed by atoms with Gasteiger partial charge in [-0.3, -0.25) is 0 Å². The molecule has 1 aromatic rings. The topological polar surface area (TPSA) is 48.9 Å². The molecule has 1 aliphatic heterocycles. The molecular weight excluding hydrogens is 272 g/mol. The smallest absolute Gasteiger partial charge is 0.148 e. The van der Waals surface area contributed by atoms with Crippen LogP contribution in [0.4, 0.5) is 11.4 Å². The SMILES string of the molecule is COc1cc([NH3+])cc2c1NC(C1CC=CCC1)C1CC=CC21. The number of rotatable bonds is 2. The number of anilines is 1. The lowest BCUT2D eigenvalue weighted by molar-refractivity contribution is -0.254. The molecule has 0 saturated carbocycles. The second-order valence-electron chi connectivity index (χ2n) is 6.83. The highest BCUT2D eigenvalue weighted by atomic mass is 16.5. The Bertz CT molecular complexity index is 635. The Hall–Kier alpha value is -1.74. The average Bonchev–Trinajstić information content (AvgIpc) is 3.04. The zero-order valence-electron chi connectivity index (χ0n) is 13.2. The minimum atomic E-state index is 0.516. The summed E-state index contributed by atoms with van der Waals surface area (Å²) in [5, 5.41) is 3.86. The molecule has 2 aliphatic carbocycles. The molecule has 4 N–H and O–H groups in total. The molecule has 3 aliphatic rings. The summed E-state index contributed by atoms with van der Waals surface area (Å²) in [7, 11) is 1.76. The van der Waals surface area contributed by atoms with Gasteiger partial charge in [0.2, 0.25) is 0 Å². The summed E-state index contributed by atoms with van der Waals surface area (Å²) in [5.41, 5.74) is 7.72. The summed E-state index contributed by atoms with van der Waals surface area (Å²) < 4.78 is 5.64. The predicted molar refractivity (Wildman–Crippen MR) is 89.4 cm³/mol. The fourth-order valence-electron chi connectivity index (χ4n) is 4.53. The third kappa shape index (κ3) is 2.15. The lowest BCUT2D eigenvalue weighted by Gasteiger charge is -2.42. The van der Waals surface area contributed by atoms with Crippen LogP contribution in [0.25, 0.3) is 0 Å². The summed E-state index contributed by atoms with van der Waals surface area (Å²) in [6.45, 7) is 0. The van der Waals surface area contributed by atoms with E-state index < -0.39 is 0 Å². The van der Waals surface area contributed by atoms with Gasteiger partial charge in [-0.25, -0.2) is 0 Å². The maximum Gasteiger partial charge on any atom is 0.148 e. The number of hydrogen-bond acceptors (Lipinski definition) is 2. The fraction of sp³-hybridized carbons (Fsp3) is 0.474. The van der Waals surface area contributed by atoms with Crippen molar-refractivity contribution in [1.29, 1.82) is 0 Å². The number of quaternary nitrogens is 1. The van der Waals surface area contributed by atoms with Gasteiger partial charge in [-0.05, 0) is 43.1 Å². The van der Waals surface area contributed by atoms with Gasteiger partial charge in [-0.2, -0.15) is 0 Å². The zero-order chi connectivity index (χ0) is 15.1. The van der Waals surface area contributed by atoms with E-state index in [0.29, 0.717) is 17.9 Å². The predicted octanol–water partition coefficient (Wildman–Crippen LogP) is 3.38. The van der Waals surface area contributed by atoms with E-state index in [2.05, 4.69) is 41.4 Å². The van der Waals surface area contributed by atoms with E-state index in [9.17, 15) is 0 Å². The van der Waals surface area contributed by atoms with Gasteiger partial charge in [0.1, 0.15) is 11.4 Å². The van der Waals surface area contributed by atoms with Crippen LogP contribution in [-0.4, -0.2) is 13.2 Å². The van der Waals surface area contributed by atoms with Crippen molar-refractivity contribution >= 4 is 11.4 Å². The Morgan fingerprint density at radius 2 is 2.09 bits per heavy atom. The maximum atomic E-state index is 5.64. The van der Waals surface area contributed by atoms with Gasteiger partial charge in [0, 0.05) is 24.1 Å². The van der Waals surface area contributed by atoms with Crippen molar-refractivity contribution in [2.24, 2.45) is 11.8 Å². The Labute approximate surface area is 132 Å². The number of allylic oxidation sites excluding steroid dienone is 4. The van der Waals surface area contributed by atoms with Gasteiger partial charge < -0.3 is 15.8 Å². The number of hydrogen-bond donors (Lipinski definition) is 2. The van der Waals surface area contributed by atoms with E-state index in [0.717, 1.165) is 17.4 Å². The van der Waals surface area contributed by atoms with Crippen molar-refractivity contribution in [3.63, 3.8) is 0 Å². The Kier molecular flexibility index (Phi) is 3.45. The summed E-state index contributed by atoms with van der Waals surface area (Å²) in [4.78, 5) is 0. The number of nitrogens with one attached hydrogen (secondary N) is 1. The van der Waals surface area contributed by atoms with Gasteiger partial charge in [-0.1, -0.05) is 24.3 Å². The van der Waals surface area contributed by atoms with Crippen molar-refractivity contribution in [1.82, 2.24) is 0 Å². The number of fused-ring (bicyclic) bond motifs is 3. The highest BCUT2D eigenvalue weighted by molar-refractivity contribution is 5.70. The monoisotopic (exact) mass is 297 g/mol. The molecule has 0 saturated heterocycles. The zero-order valence-corrected chi connectivity index (χ0v) is 13.2. The minimum Gasteiger partial charge on any atom is -0.494 e. The molecule has 0 aromatic heterocycles. The molecule has 1 aromatic carbocycles. The molecule has 0 amide bonds. The summed E-state index contributed by atoms with van der Waals surface area (Å²) in [6.07, 6.45) is 14.3. The molecule has 0 spiro atoms. The van der Waals surface area contributed by atoms with E-state index >= 15 is 0 Å². The standard InChI is InChI=1S/C19H24N2O/c1-22-17-11-13(20)10-16-14-8-5-9-15(14)18(21-19(16)17)12-6-3-2-4-7-12/h2-3,5,8,10-12,14-15,18,21H,4,6-7,9,20H2,1H3/p+1. The van der Waals surface area contributed by atoms with Crippen molar-refractivity contribution in [3.8, 4) is 5.75 Å². The average molecular weight is 297 g/mol. The first-order valence-corrected chi connectivity index (χ1v) is 8.40. The Morgan fingerprint density at radius 1 is 1.18 bits per heavy atom. The largest absolute Gasteiger partial charge is 0.494 e. The second-order valence-corrected chi connectivity index (χ2v) is 6.83. The van der Waals surface area contributed by atoms with Crippen LogP contribution in [0.2, 0.25) is 0 Å². The van der Waals surface area contributed by atoms with Crippen LogP contribution in [0.1, 0.15) is 37.2 Å². The summed E-state index contributed by atoms with van der Waals surface area (Å²) >= 11 is 0. The maximum absolute atomic E-state index is 5.64. The van der Waals surface area contributed by atoms with Crippen LogP contribution < -0.4 is 15.8 Å². The molecule has 4 atom stereocenters. The molecule has 116 valence electrons. The Balaban J connectivity index is 1.76. The van der Waals surface area contributed by atoms with Crippen molar-refractivity contribution in [2.45, 2.75) is 37.6 Å². The normalized spacial score (nSPS) is 32.3. The quantitative estimate of drug-likeness (QED) is 0.822.